The van der Waals surface area contributed by atoms with Gasteiger partial charge in [-0.2, -0.15) is 5.10 Å². The average Bonchev–Trinajstić information content (AvgIpc) is 2.62. The smallest absolute Gasteiger partial charge is 0.0766 e. The largest absolute Gasteiger partial charge is 0.317 e. The van der Waals surface area contributed by atoms with Gasteiger partial charge in [0.1, 0.15) is 0 Å². The molecule has 0 saturated heterocycles. The SMILES string of the molecule is CCCNCCC(C)(C)Cc1c(Br)c(CC)nn1C. The van der Waals surface area contributed by atoms with Gasteiger partial charge in [0.05, 0.1) is 15.9 Å². The fourth-order valence-corrected chi connectivity index (χ4v) is 3.04. The molecule has 1 heterocycles. The van der Waals surface area contributed by atoms with Gasteiger partial charge in [0.25, 0.3) is 0 Å². The maximum atomic E-state index is 4.58. The summed E-state index contributed by atoms with van der Waals surface area (Å²) in [6, 6.07) is 0. The summed E-state index contributed by atoms with van der Waals surface area (Å²) in [5, 5.41) is 8.07. The zero-order valence-corrected chi connectivity index (χ0v) is 14.6. The maximum Gasteiger partial charge on any atom is 0.0766 e. The Morgan fingerprint density at radius 2 is 1.95 bits per heavy atom. The molecule has 3 nitrogen and oxygen atoms in total. The summed E-state index contributed by atoms with van der Waals surface area (Å²) in [4.78, 5) is 0. The Labute approximate surface area is 126 Å². The van der Waals surface area contributed by atoms with Crippen LogP contribution in [0.4, 0.5) is 0 Å². The van der Waals surface area contributed by atoms with Crippen LogP contribution in [0.3, 0.4) is 0 Å². The fourth-order valence-electron chi connectivity index (χ4n) is 2.28. The number of halogens is 1. The van der Waals surface area contributed by atoms with Crippen LogP contribution < -0.4 is 5.32 Å². The monoisotopic (exact) mass is 329 g/mol. The number of hydrogen-bond acceptors (Lipinski definition) is 2. The third kappa shape index (κ3) is 4.92. The highest BCUT2D eigenvalue weighted by molar-refractivity contribution is 9.10. The van der Waals surface area contributed by atoms with Crippen molar-refractivity contribution in [3.8, 4) is 0 Å². The molecule has 0 atom stereocenters. The van der Waals surface area contributed by atoms with E-state index in [9.17, 15) is 0 Å². The van der Waals surface area contributed by atoms with Gasteiger partial charge in [-0.3, -0.25) is 4.68 Å². The average molecular weight is 330 g/mol. The summed E-state index contributed by atoms with van der Waals surface area (Å²) in [5.74, 6) is 0. The maximum absolute atomic E-state index is 4.58. The third-order valence-corrected chi connectivity index (χ3v) is 4.47. The molecular weight excluding hydrogens is 302 g/mol. The van der Waals surface area contributed by atoms with Gasteiger partial charge in [0.15, 0.2) is 0 Å². The second-order valence-electron chi connectivity index (χ2n) is 6.03. The molecule has 0 aliphatic carbocycles. The van der Waals surface area contributed by atoms with Crippen molar-refractivity contribution in [2.45, 2.75) is 53.4 Å². The van der Waals surface area contributed by atoms with Gasteiger partial charge in [-0.25, -0.2) is 0 Å². The summed E-state index contributed by atoms with van der Waals surface area (Å²) in [7, 11) is 2.05. The van der Waals surface area contributed by atoms with Crippen LogP contribution in [0.1, 0.15) is 51.9 Å². The van der Waals surface area contributed by atoms with Crippen LogP contribution in [0, 0.1) is 5.41 Å². The molecule has 0 radical (unpaired) electrons. The molecule has 0 aliphatic heterocycles. The van der Waals surface area contributed by atoms with E-state index in [0.717, 1.165) is 31.6 Å². The van der Waals surface area contributed by atoms with Gasteiger partial charge in [-0.15, -0.1) is 0 Å². The molecule has 0 saturated carbocycles. The molecule has 0 bridgehead atoms. The van der Waals surface area contributed by atoms with E-state index in [-0.39, 0.29) is 0 Å². The van der Waals surface area contributed by atoms with E-state index in [0.29, 0.717) is 5.41 Å². The summed E-state index contributed by atoms with van der Waals surface area (Å²) in [6.45, 7) is 11.2. The number of aromatic nitrogens is 2. The first-order valence-electron chi connectivity index (χ1n) is 7.32. The van der Waals surface area contributed by atoms with Crippen LogP contribution in [0.2, 0.25) is 0 Å². The highest BCUT2D eigenvalue weighted by Crippen LogP contribution is 2.30. The molecule has 0 aliphatic rings. The number of hydrogen-bond donors (Lipinski definition) is 1. The molecule has 1 rings (SSSR count). The topological polar surface area (TPSA) is 29.9 Å². The van der Waals surface area contributed by atoms with Crippen molar-refractivity contribution in [2.75, 3.05) is 13.1 Å². The van der Waals surface area contributed by atoms with Crippen molar-refractivity contribution in [3.05, 3.63) is 15.9 Å². The molecule has 1 aromatic rings. The van der Waals surface area contributed by atoms with Crippen LogP contribution in [0.25, 0.3) is 0 Å². The predicted octanol–water partition coefficient (Wildman–Crippen LogP) is 3.70. The van der Waals surface area contributed by atoms with Gasteiger partial charge >= 0.3 is 0 Å². The first-order valence-corrected chi connectivity index (χ1v) is 8.11. The quantitative estimate of drug-likeness (QED) is 0.737. The normalized spacial score (nSPS) is 12.1. The lowest BCUT2D eigenvalue weighted by atomic mass is 9.84. The second-order valence-corrected chi connectivity index (χ2v) is 6.82. The summed E-state index contributed by atoms with van der Waals surface area (Å²) in [6.07, 6.45) is 4.43. The van der Waals surface area contributed by atoms with Crippen molar-refractivity contribution < 1.29 is 0 Å². The lowest BCUT2D eigenvalue weighted by Gasteiger charge is -2.25. The van der Waals surface area contributed by atoms with E-state index in [2.05, 4.69) is 54.0 Å². The van der Waals surface area contributed by atoms with Crippen LogP contribution in [-0.2, 0) is 19.9 Å². The Bertz CT molecular complexity index is 396. The molecule has 4 heteroatoms. The molecule has 110 valence electrons. The lowest BCUT2D eigenvalue weighted by Crippen LogP contribution is -2.25. The minimum Gasteiger partial charge on any atom is -0.317 e. The number of aryl methyl sites for hydroxylation is 2. The molecule has 0 fully saturated rings. The predicted molar refractivity (Wildman–Crippen MR) is 85.5 cm³/mol. The van der Waals surface area contributed by atoms with Gasteiger partial charge in [0.2, 0.25) is 0 Å². The summed E-state index contributed by atoms with van der Waals surface area (Å²) < 4.78 is 3.23. The number of rotatable bonds is 8. The van der Waals surface area contributed by atoms with Crippen molar-refractivity contribution in [1.82, 2.24) is 15.1 Å². The number of nitrogens with zero attached hydrogens (tertiary/aromatic N) is 2. The van der Waals surface area contributed by atoms with Gasteiger partial charge in [-0.05, 0) is 60.1 Å². The van der Waals surface area contributed by atoms with E-state index in [4.69, 9.17) is 0 Å². The Morgan fingerprint density at radius 3 is 2.47 bits per heavy atom. The Morgan fingerprint density at radius 1 is 1.26 bits per heavy atom. The summed E-state index contributed by atoms with van der Waals surface area (Å²) in [5.41, 5.74) is 2.77. The van der Waals surface area contributed by atoms with Gasteiger partial charge < -0.3 is 5.32 Å². The Balaban J connectivity index is 2.64. The van der Waals surface area contributed by atoms with Crippen LogP contribution in [0.15, 0.2) is 4.47 Å². The standard InChI is InChI=1S/C15H28BrN3/c1-6-9-17-10-8-15(3,4)11-13-14(16)12(7-2)18-19(13)5/h17H,6-11H2,1-5H3. The molecule has 1 aromatic heterocycles. The molecule has 0 aromatic carbocycles. The first-order chi connectivity index (χ1) is 8.91. The lowest BCUT2D eigenvalue weighted by molar-refractivity contribution is 0.317. The molecule has 0 unspecified atom stereocenters. The minimum absolute atomic E-state index is 0.294. The van der Waals surface area contributed by atoms with Crippen LogP contribution in [0.5, 0.6) is 0 Å². The second kappa shape index (κ2) is 7.44. The van der Waals surface area contributed by atoms with Gasteiger partial charge in [-0.1, -0.05) is 27.7 Å². The Hall–Kier alpha value is -0.350. The van der Waals surface area contributed by atoms with Crippen LogP contribution >= 0.6 is 15.9 Å². The molecule has 0 spiro atoms. The zero-order valence-electron chi connectivity index (χ0n) is 13.0. The fraction of sp³-hybridized carbons (Fsp3) is 0.800. The Kier molecular flexibility index (Phi) is 6.54. The first kappa shape index (κ1) is 16.7. The minimum atomic E-state index is 0.294. The third-order valence-electron chi connectivity index (χ3n) is 3.55. The molecule has 1 N–H and O–H groups in total. The van der Waals surface area contributed by atoms with Crippen molar-refractivity contribution in [3.63, 3.8) is 0 Å². The van der Waals surface area contributed by atoms with E-state index in [1.807, 2.05) is 11.7 Å². The van der Waals surface area contributed by atoms with E-state index in [1.54, 1.807) is 0 Å². The van der Waals surface area contributed by atoms with Crippen molar-refractivity contribution in [2.24, 2.45) is 12.5 Å². The summed E-state index contributed by atoms with van der Waals surface area (Å²) >= 11 is 3.71. The van der Waals surface area contributed by atoms with Crippen molar-refractivity contribution in [1.29, 1.82) is 0 Å². The van der Waals surface area contributed by atoms with E-state index < -0.39 is 0 Å². The van der Waals surface area contributed by atoms with Crippen LogP contribution in [-0.4, -0.2) is 22.9 Å². The number of nitrogens with one attached hydrogen (secondary N) is 1. The van der Waals surface area contributed by atoms with E-state index in [1.165, 1.54) is 23.0 Å². The van der Waals surface area contributed by atoms with Gasteiger partial charge in [0, 0.05) is 7.05 Å². The molecular formula is C15H28BrN3. The molecule has 0 amide bonds. The van der Waals surface area contributed by atoms with E-state index >= 15 is 0 Å². The van der Waals surface area contributed by atoms with Crippen molar-refractivity contribution >= 4 is 15.9 Å². The zero-order chi connectivity index (χ0) is 14.5. The highest BCUT2D eigenvalue weighted by atomic mass is 79.9. The molecule has 19 heavy (non-hydrogen) atoms. The highest BCUT2D eigenvalue weighted by Gasteiger charge is 2.23.